The van der Waals surface area contributed by atoms with Gasteiger partial charge in [0.1, 0.15) is 0 Å². The molecule has 0 bridgehead atoms. The first-order chi connectivity index (χ1) is 9.24. The number of nitrogens with zero attached hydrogens (tertiary/aromatic N) is 2. The van der Waals surface area contributed by atoms with Crippen LogP contribution in [0.1, 0.15) is 26.2 Å². The minimum atomic E-state index is 0.0209. The highest BCUT2D eigenvalue weighted by molar-refractivity contribution is 5.82. The summed E-state index contributed by atoms with van der Waals surface area (Å²) in [6, 6.07) is 2.03. The molecule has 2 N–H and O–H groups in total. The van der Waals surface area contributed by atoms with Gasteiger partial charge >= 0.3 is 0 Å². The van der Waals surface area contributed by atoms with Crippen LogP contribution in [0.15, 0.2) is 18.5 Å². The van der Waals surface area contributed by atoms with Crippen molar-refractivity contribution in [2.75, 3.05) is 6.54 Å². The standard InChI is InChI=1S/C14H22N4O/c1-10(9-18-7-3-6-16-18)17-14(19)13-12-5-2-4-11(12)8-15-13/h3,6-7,10-13,15H,2,4-5,8-9H2,1H3,(H,17,19). The Balaban J connectivity index is 1.53. The number of carbonyl (C=O) groups excluding carboxylic acids is 1. The molecule has 19 heavy (non-hydrogen) atoms. The van der Waals surface area contributed by atoms with Crippen LogP contribution in [0.25, 0.3) is 0 Å². The number of aromatic nitrogens is 2. The fourth-order valence-electron chi connectivity index (χ4n) is 3.54. The molecule has 1 aromatic rings. The lowest BCUT2D eigenvalue weighted by atomic mass is 9.93. The molecule has 1 saturated heterocycles. The molecule has 4 unspecified atom stereocenters. The normalized spacial score (nSPS) is 31.1. The Morgan fingerprint density at radius 1 is 1.58 bits per heavy atom. The molecule has 2 heterocycles. The highest BCUT2D eigenvalue weighted by atomic mass is 16.2. The van der Waals surface area contributed by atoms with Gasteiger partial charge in [0, 0.05) is 18.4 Å². The lowest BCUT2D eigenvalue weighted by Gasteiger charge is -2.21. The monoisotopic (exact) mass is 262 g/mol. The van der Waals surface area contributed by atoms with E-state index in [1.807, 2.05) is 23.9 Å². The predicted molar refractivity (Wildman–Crippen MR) is 72.5 cm³/mol. The van der Waals surface area contributed by atoms with Crippen molar-refractivity contribution in [2.45, 2.75) is 44.8 Å². The van der Waals surface area contributed by atoms with Gasteiger partial charge in [-0.1, -0.05) is 6.42 Å². The second-order valence-corrected chi connectivity index (χ2v) is 5.88. The van der Waals surface area contributed by atoms with E-state index in [4.69, 9.17) is 0 Å². The largest absolute Gasteiger partial charge is 0.350 e. The highest BCUT2D eigenvalue weighted by Crippen LogP contribution is 2.37. The van der Waals surface area contributed by atoms with Crippen LogP contribution in [0.5, 0.6) is 0 Å². The average Bonchev–Trinajstić information content (AvgIpc) is 3.03. The quantitative estimate of drug-likeness (QED) is 0.843. The van der Waals surface area contributed by atoms with Crippen LogP contribution in [-0.4, -0.2) is 34.3 Å². The van der Waals surface area contributed by atoms with Crippen LogP contribution in [0.3, 0.4) is 0 Å². The van der Waals surface area contributed by atoms with Crippen LogP contribution in [0, 0.1) is 11.8 Å². The maximum atomic E-state index is 12.3. The summed E-state index contributed by atoms with van der Waals surface area (Å²) in [4.78, 5) is 12.3. The summed E-state index contributed by atoms with van der Waals surface area (Å²) < 4.78 is 1.85. The Kier molecular flexibility index (Phi) is 3.55. The topological polar surface area (TPSA) is 59.0 Å². The summed E-state index contributed by atoms with van der Waals surface area (Å²) >= 11 is 0. The van der Waals surface area contributed by atoms with Crippen molar-refractivity contribution in [1.29, 1.82) is 0 Å². The third-order valence-corrected chi connectivity index (χ3v) is 4.44. The number of amides is 1. The van der Waals surface area contributed by atoms with Gasteiger partial charge in [0.2, 0.25) is 5.91 Å². The average molecular weight is 262 g/mol. The van der Waals surface area contributed by atoms with Crippen LogP contribution in [0.4, 0.5) is 0 Å². The van der Waals surface area contributed by atoms with Gasteiger partial charge in [0.05, 0.1) is 12.6 Å². The number of fused-ring (bicyclic) bond motifs is 1. The molecule has 5 nitrogen and oxygen atoms in total. The molecule has 1 saturated carbocycles. The molecule has 5 heteroatoms. The maximum Gasteiger partial charge on any atom is 0.237 e. The third-order valence-electron chi connectivity index (χ3n) is 4.44. The van der Waals surface area contributed by atoms with E-state index < -0.39 is 0 Å². The molecule has 2 aliphatic rings. The van der Waals surface area contributed by atoms with Gasteiger partial charge in [-0.05, 0) is 44.2 Å². The molecular formula is C14H22N4O. The van der Waals surface area contributed by atoms with Gasteiger partial charge in [-0.15, -0.1) is 0 Å². The summed E-state index contributed by atoms with van der Waals surface area (Å²) in [6.45, 7) is 3.76. The van der Waals surface area contributed by atoms with Gasteiger partial charge < -0.3 is 10.6 Å². The summed E-state index contributed by atoms with van der Waals surface area (Å²) in [6.07, 6.45) is 7.44. The third kappa shape index (κ3) is 2.66. The van der Waals surface area contributed by atoms with E-state index in [2.05, 4.69) is 15.7 Å². The molecule has 1 amide bonds. The summed E-state index contributed by atoms with van der Waals surface area (Å²) in [5.41, 5.74) is 0. The SMILES string of the molecule is CC(Cn1cccn1)NC(=O)C1NCC2CCCC21. The predicted octanol–water partition coefficient (Wildman–Crippen LogP) is 0.776. The Bertz CT molecular complexity index is 431. The second-order valence-electron chi connectivity index (χ2n) is 5.88. The van der Waals surface area contributed by atoms with Crippen LogP contribution in [-0.2, 0) is 11.3 Å². The van der Waals surface area contributed by atoms with E-state index in [9.17, 15) is 4.79 Å². The van der Waals surface area contributed by atoms with Gasteiger partial charge in [0.15, 0.2) is 0 Å². The zero-order chi connectivity index (χ0) is 13.2. The number of hydrogen-bond donors (Lipinski definition) is 2. The number of carbonyl (C=O) groups is 1. The Labute approximate surface area is 113 Å². The van der Waals surface area contributed by atoms with Gasteiger partial charge in [-0.2, -0.15) is 5.10 Å². The molecule has 1 aliphatic carbocycles. The zero-order valence-corrected chi connectivity index (χ0v) is 11.4. The Hall–Kier alpha value is -1.36. The first kappa shape index (κ1) is 12.7. The summed E-state index contributed by atoms with van der Waals surface area (Å²) in [5.74, 6) is 1.43. The molecule has 3 rings (SSSR count). The minimum Gasteiger partial charge on any atom is -0.350 e. The van der Waals surface area contributed by atoms with Crippen LogP contribution in [0.2, 0.25) is 0 Å². The molecular weight excluding hydrogens is 240 g/mol. The second kappa shape index (κ2) is 5.33. The fraction of sp³-hybridized carbons (Fsp3) is 0.714. The van der Waals surface area contributed by atoms with Gasteiger partial charge in [-0.25, -0.2) is 0 Å². The van der Waals surface area contributed by atoms with E-state index in [-0.39, 0.29) is 18.0 Å². The van der Waals surface area contributed by atoms with E-state index in [1.165, 1.54) is 19.3 Å². The molecule has 1 aromatic heterocycles. The van der Waals surface area contributed by atoms with Gasteiger partial charge in [0.25, 0.3) is 0 Å². The zero-order valence-electron chi connectivity index (χ0n) is 11.4. The number of rotatable bonds is 4. The van der Waals surface area contributed by atoms with Crippen molar-refractivity contribution < 1.29 is 4.79 Å². The fourth-order valence-corrected chi connectivity index (χ4v) is 3.54. The first-order valence-electron chi connectivity index (χ1n) is 7.25. The Morgan fingerprint density at radius 3 is 3.26 bits per heavy atom. The molecule has 0 spiro atoms. The van der Waals surface area contributed by atoms with E-state index in [0.717, 1.165) is 19.0 Å². The molecule has 1 aliphatic heterocycles. The number of nitrogens with one attached hydrogen (secondary N) is 2. The van der Waals surface area contributed by atoms with Crippen molar-refractivity contribution in [3.05, 3.63) is 18.5 Å². The lowest BCUT2D eigenvalue weighted by Crippen LogP contribution is -2.47. The van der Waals surface area contributed by atoms with Crippen molar-refractivity contribution in [3.63, 3.8) is 0 Å². The number of hydrogen-bond acceptors (Lipinski definition) is 3. The summed E-state index contributed by atoms with van der Waals surface area (Å²) in [7, 11) is 0. The van der Waals surface area contributed by atoms with Crippen molar-refractivity contribution in [1.82, 2.24) is 20.4 Å². The van der Waals surface area contributed by atoms with Crippen LogP contribution < -0.4 is 10.6 Å². The highest BCUT2D eigenvalue weighted by Gasteiger charge is 2.42. The maximum absolute atomic E-state index is 12.3. The Morgan fingerprint density at radius 2 is 2.47 bits per heavy atom. The van der Waals surface area contributed by atoms with Crippen molar-refractivity contribution in [3.8, 4) is 0 Å². The lowest BCUT2D eigenvalue weighted by molar-refractivity contribution is -0.124. The van der Waals surface area contributed by atoms with Gasteiger partial charge in [-0.3, -0.25) is 9.48 Å². The minimum absolute atomic E-state index is 0.0209. The molecule has 4 atom stereocenters. The van der Waals surface area contributed by atoms with Crippen molar-refractivity contribution >= 4 is 5.91 Å². The van der Waals surface area contributed by atoms with Crippen molar-refractivity contribution in [2.24, 2.45) is 11.8 Å². The summed E-state index contributed by atoms with van der Waals surface area (Å²) in [5, 5.41) is 10.7. The smallest absolute Gasteiger partial charge is 0.237 e. The van der Waals surface area contributed by atoms with E-state index in [1.54, 1.807) is 6.20 Å². The first-order valence-corrected chi connectivity index (χ1v) is 7.25. The molecule has 0 aromatic carbocycles. The molecule has 0 radical (unpaired) electrons. The molecule has 2 fully saturated rings. The molecule has 104 valence electrons. The van der Waals surface area contributed by atoms with Crippen LogP contribution >= 0.6 is 0 Å². The van der Waals surface area contributed by atoms with E-state index >= 15 is 0 Å². The van der Waals surface area contributed by atoms with E-state index in [0.29, 0.717) is 5.92 Å².